The number of nitrogens with zero attached hydrogens (tertiary/aromatic N) is 5. The van der Waals surface area contributed by atoms with Crippen molar-refractivity contribution in [1.82, 2.24) is 24.5 Å². The Hall–Kier alpha value is -3.55. The maximum atomic E-state index is 13.0. The fourth-order valence-electron chi connectivity index (χ4n) is 2.55. The number of aryl methyl sites for hydroxylation is 1. The van der Waals surface area contributed by atoms with Crippen molar-refractivity contribution in [3.8, 4) is 11.4 Å². The van der Waals surface area contributed by atoms with E-state index < -0.39 is 0 Å². The van der Waals surface area contributed by atoms with E-state index in [9.17, 15) is 4.39 Å². The zero-order valence-corrected chi connectivity index (χ0v) is 13.3. The molecule has 0 radical (unpaired) electrons. The van der Waals surface area contributed by atoms with Crippen molar-refractivity contribution in [2.24, 2.45) is 7.05 Å². The van der Waals surface area contributed by atoms with Crippen LogP contribution in [0, 0.1) is 5.82 Å². The molecule has 25 heavy (non-hydrogen) atoms. The van der Waals surface area contributed by atoms with Crippen molar-refractivity contribution >= 4 is 28.6 Å². The average Bonchev–Trinajstić information content (AvgIpc) is 2.94. The van der Waals surface area contributed by atoms with Gasteiger partial charge in [0, 0.05) is 24.5 Å². The Bertz CT molecular complexity index is 1060. The molecule has 0 atom stereocenters. The third kappa shape index (κ3) is 2.85. The van der Waals surface area contributed by atoms with Gasteiger partial charge in [-0.05, 0) is 36.4 Å². The van der Waals surface area contributed by atoms with E-state index >= 15 is 0 Å². The summed E-state index contributed by atoms with van der Waals surface area (Å²) in [5, 5.41) is 3.05. The Morgan fingerprint density at radius 1 is 1.08 bits per heavy atom. The molecule has 8 heteroatoms. The molecule has 0 saturated heterocycles. The van der Waals surface area contributed by atoms with Crippen molar-refractivity contribution in [1.29, 1.82) is 0 Å². The number of hydrogen-bond acceptors (Lipinski definition) is 6. The van der Waals surface area contributed by atoms with E-state index in [0.717, 1.165) is 11.4 Å². The zero-order valence-electron chi connectivity index (χ0n) is 13.3. The van der Waals surface area contributed by atoms with Crippen LogP contribution in [-0.2, 0) is 7.05 Å². The normalized spacial score (nSPS) is 11.0. The largest absolute Gasteiger partial charge is 0.384 e. The predicted octanol–water partition coefficient (Wildman–Crippen LogP) is 2.89. The van der Waals surface area contributed by atoms with Gasteiger partial charge in [-0.3, -0.25) is 0 Å². The highest BCUT2D eigenvalue weighted by molar-refractivity contribution is 5.78. The number of hydrogen-bond donors (Lipinski definition) is 2. The summed E-state index contributed by atoms with van der Waals surface area (Å²) in [7, 11) is 1.87. The smallest absolute Gasteiger partial charge is 0.229 e. The first-order valence-corrected chi connectivity index (χ1v) is 7.54. The summed E-state index contributed by atoms with van der Waals surface area (Å²) >= 11 is 0. The molecule has 0 aliphatic rings. The Labute approximate surface area is 142 Å². The minimum absolute atomic E-state index is 0.296. The van der Waals surface area contributed by atoms with Crippen molar-refractivity contribution < 1.29 is 4.39 Å². The first-order valence-electron chi connectivity index (χ1n) is 7.54. The summed E-state index contributed by atoms with van der Waals surface area (Å²) in [5.74, 6) is 1.25. The first kappa shape index (κ1) is 15.0. The van der Waals surface area contributed by atoms with E-state index in [1.165, 1.54) is 12.1 Å². The van der Waals surface area contributed by atoms with Gasteiger partial charge < -0.3 is 15.6 Å². The molecule has 0 aliphatic carbocycles. The lowest BCUT2D eigenvalue weighted by Crippen LogP contribution is -1.99. The number of imidazole rings is 1. The molecular formula is C17H14FN7. The van der Waals surface area contributed by atoms with Gasteiger partial charge in [-0.2, -0.15) is 4.98 Å². The van der Waals surface area contributed by atoms with Crippen LogP contribution in [0.3, 0.4) is 0 Å². The number of nitrogen functional groups attached to an aromatic ring is 1. The number of rotatable bonds is 3. The number of nitrogens with one attached hydrogen (secondary N) is 1. The second-order valence-corrected chi connectivity index (χ2v) is 5.50. The minimum Gasteiger partial charge on any atom is -0.384 e. The lowest BCUT2D eigenvalue weighted by molar-refractivity contribution is 0.628. The SMILES string of the molecule is Cn1c(-c2ccnc(N)c2)nc2cnc(Nc3ccc(F)cc3)nc21. The molecule has 0 unspecified atom stereocenters. The van der Waals surface area contributed by atoms with E-state index in [1.807, 2.05) is 17.7 Å². The lowest BCUT2D eigenvalue weighted by Gasteiger charge is -2.05. The Balaban J connectivity index is 1.73. The zero-order chi connectivity index (χ0) is 17.4. The highest BCUT2D eigenvalue weighted by atomic mass is 19.1. The molecule has 3 aromatic heterocycles. The van der Waals surface area contributed by atoms with E-state index in [2.05, 4.69) is 25.3 Å². The summed E-state index contributed by atoms with van der Waals surface area (Å²) in [6.07, 6.45) is 3.28. The maximum absolute atomic E-state index is 13.0. The molecule has 0 spiro atoms. The molecule has 4 rings (SSSR count). The summed E-state index contributed by atoms with van der Waals surface area (Å²) in [5.41, 5.74) is 8.63. The van der Waals surface area contributed by atoms with Gasteiger partial charge in [-0.1, -0.05) is 0 Å². The molecular weight excluding hydrogens is 321 g/mol. The van der Waals surface area contributed by atoms with Gasteiger partial charge in [0.2, 0.25) is 5.95 Å². The molecule has 4 aromatic rings. The average molecular weight is 335 g/mol. The maximum Gasteiger partial charge on any atom is 0.229 e. The minimum atomic E-state index is -0.296. The molecule has 124 valence electrons. The second-order valence-electron chi connectivity index (χ2n) is 5.50. The van der Waals surface area contributed by atoms with Crippen LogP contribution in [0.4, 0.5) is 21.8 Å². The fourth-order valence-corrected chi connectivity index (χ4v) is 2.55. The number of aromatic nitrogens is 5. The van der Waals surface area contributed by atoms with Crippen LogP contribution in [0.25, 0.3) is 22.6 Å². The number of fused-ring (bicyclic) bond motifs is 1. The quantitative estimate of drug-likeness (QED) is 0.598. The number of anilines is 3. The molecule has 0 saturated carbocycles. The van der Waals surface area contributed by atoms with Gasteiger partial charge in [0.05, 0.1) is 6.20 Å². The first-order chi connectivity index (χ1) is 12.1. The van der Waals surface area contributed by atoms with Crippen LogP contribution < -0.4 is 11.1 Å². The number of nitrogens with two attached hydrogens (primary N) is 1. The van der Waals surface area contributed by atoms with Crippen LogP contribution in [0.1, 0.15) is 0 Å². The van der Waals surface area contributed by atoms with Gasteiger partial charge in [0.15, 0.2) is 5.65 Å². The topological polar surface area (TPSA) is 94.5 Å². The van der Waals surface area contributed by atoms with Gasteiger partial charge in [-0.25, -0.2) is 19.3 Å². The summed E-state index contributed by atoms with van der Waals surface area (Å²) in [4.78, 5) is 17.3. The third-order valence-electron chi connectivity index (χ3n) is 3.75. The molecule has 7 nitrogen and oxygen atoms in total. The standard InChI is InChI=1S/C17H14FN7/c1-25-15(10-6-7-20-14(19)8-10)23-13-9-21-17(24-16(13)25)22-12-4-2-11(18)3-5-12/h2-9H,1H3,(H2,19,20)(H,21,22,24). The Kier molecular flexibility index (Phi) is 3.50. The van der Waals surface area contributed by atoms with Gasteiger partial charge >= 0.3 is 0 Å². The van der Waals surface area contributed by atoms with Crippen LogP contribution in [0.5, 0.6) is 0 Å². The van der Waals surface area contributed by atoms with Crippen LogP contribution in [0.15, 0.2) is 48.8 Å². The molecule has 1 aromatic carbocycles. The number of pyridine rings is 1. The van der Waals surface area contributed by atoms with E-state index in [1.54, 1.807) is 30.6 Å². The highest BCUT2D eigenvalue weighted by Gasteiger charge is 2.13. The Morgan fingerprint density at radius 3 is 2.64 bits per heavy atom. The second kappa shape index (κ2) is 5.82. The van der Waals surface area contributed by atoms with Crippen LogP contribution in [-0.4, -0.2) is 24.5 Å². The van der Waals surface area contributed by atoms with E-state index in [0.29, 0.717) is 28.6 Å². The lowest BCUT2D eigenvalue weighted by atomic mass is 10.2. The van der Waals surface area contributed by atoms with Crippen molar-refractivity contribution in [2.45, 2.75) is 0 Å². The van der Waals surface area contributed by atoms with Gasteiger partial charge in [0.25, 0.3) is 0 Å². The predicted molar refractivity (Wildman–Crippen MR) is 93.6 cm³/mol. The third-order valence-corrected chi connectivity index (χ3v) is 3.75. The summed E-state index contributed by atoms with van der Waals surface area (Å²) < 4.78 is 14.9. The highest BCUT2D eigenvalue weighted by Crippen LogP contribution is 2.24. The van der Waals surface area contributed by atoms with Crippen molar-refractivity contribution in [2.75, 3.05) is 11.1 Å². The van der Waals surface area contributed by atoms with Gasteiger partial charge in [0.1, 0.15) is 23.0 Å². The monoisotopic (exact) mass is 335 g/mol. The van der Waals surface area contributed by atoms with E-state index in [4.69, 9.17) is 5.73 Å². The fraction of sp³-hybridized carbons (Fsp3) is 0.0588. The number of benzene rings is 1. The number of halogens is 1. The molecule has 3 heterocycles. The molecule has 0 aliphatic heterocycles. The van der Waals surface area contributed by atoms with Crippen molar-refractivity contribution in [3.05, 3.63) is 54.6 Å². The van der Waals surface area contributed by atoms with E-state index in [-0.39, 0.29) is 5.82 Å². The van der Waals surface area contributed by atoms with Crippen LogP contribution in [0.2, 0.25) is 0 Å². The molecule has 0 fully saturated rings. The summed E-state index contributed by atoms with van der Waals surface area (Å²) in [6, 6.07) is 9.58. The van der Waals surface area contributed by atoms with Gasteiger partial charge in [-0.15, -0.1) is 0 Å². The van der Waals surface area contributed by atoms with Crippen LogP contribution >= 0.6 is 0 Å². The molecule has 0 amide bonds. The van der Waals surface area contributed by atoms with Crippen molar-refractivity contribution in [3.63, 3.8) is 0 Å². The summed E-state index contributed by atoms with van der Waals surface area (Å²) in [6.45, 7) is 0. The molecule has 0 bridgehead atoms. The molecule has 3 N–H and O–H groups in total. The Morgan fingerprint density at radius 2 is 1.88 bits per heavy atom.